The van der Waals surface area contributed by atoms with Crippen molar-refractivity contribution < 1.29 is 31.9 Å². The van der Waals surface area contributed by atoms with E-state index in [-0.39, 0.29) is 12.1 Å². The average molecular weight is 402 g/mol. The van der Waals surface area contributed by atoms with E-state index in [2.05, 4.69) is 5.32 Å². The minimum absolute atomic E-state index is 0.110. The summed E-state index contributed by atoms with van der Waals surface area (Å²) in [5, 5.41) is 2.08. The number of halogens is 4. The standard InChI is InChI=1S/C18H15ClF3NO4/c1-11(17(25)23-10-13-3-2-8-26-13)27-16(24)7-5-12-4-6-15(19)14(9-12)18(20,21)22/h2-9,11H,10H2,1H3,(H,23,25)/b7-5+/t11-/m0/s1. The molecule has 0 fully saturated rings. The van der Waals surface area contributed by atoms with Crippen molar-refractivity contribution in [3.05, 3.63) is 64.6 Å². The van der Waals surface area contributed by atoms with Gasteiger partial charge in [0.15, 0.2) is 6.10 Å². The molecule has 1 N–H and O–H groups in total. The van der Waals surface area contributed by atoms with Crippen LogP contribution in [0.5, 0.6) is 0 Å². The van der Waals surface area contributed by atoms with E-state index in [1.807, 2.05) is 0 Å². The lowest BCUT2D eigenvalue weighted by molar-refractivity contribution is -0.150. The zero-order chi connectivity index (χ0) is 20.0. The number of furan rings is 1. The molecule has 0 spiro atoms. The van der Waals surface area contributed by atoms with Gasteiger partial charge >= 0.3 is 12.1 Å². The van der Waals surface area contributed by atoms with Gasteiger partial charge in [0.05, 0.1) is 23.4 Å². The third-order valence-electron chi connectivity index (χ3n) is 3.39. The Labute approximate surface area is 157 Å². The van der Waals surface area contributed by atoms with Crippen molar-refractivity contribution in [1.82, 2.24) is 5.32 Å². The molecule has 5 nitrogen and oxygen atoms in total. The topological polar surface area (TPSA) is 68.5 Å². The SMILES string of the molecule is C[C@H](OC(=O)/C=C/c1ccc(Cl)c(C(F)(F)F)c1)C(=O)NCc1ccco1. The van der Waals surface area contributed by atoms with E-state index in [0.717, 1.165) is 24.3 Å². The molecule has 1 amide bonds. The van der Waals surface area contributed by atoms with E-state index in [4.69, 9.17) is 20.8 Å². The molecule has 2 aromatic rings. The summed E-state index contributed by atoms with van der Waals surface area (Å²) in [6, 6.07) is 6.55. The number of carbonyl (C=O) groups excluding carboxylic acids is 2. The summed E-state index contributed by atoms with van der Waals surface area (Å²) < 4.78 is 48.4. The van der Waals surface area contributed by atoms with Crippen LogP contribution in [0.1, 0.15) is 23.8 Å². The Morgan fingerprint density at radius 2 is 2.07 bits per heavy atom. The summed E-state index contributed by atoms with van der Waals surface area (Å²) in [4.78, 5) is 23.6. The Kier molecular flexibility index (Phi) is 6.68. The third kappa shape index (κ3) is 6.18. The largest absolute Gasteiger partial charge is 0.467 e. The van der Waals surface area contributed by atoms with Crippen molar-refractivity contribution in [2.24, 2.45) is 0 Å². The van der Waals surface area contributed by atoms with Crippen LogP contribution in [0.15, 0.2) is 47.1 Å². The highest BCUT2D eigenvalue weighted by atomic mass is 35.5. The maximum atomic E-state index is 12.8. The molecule has 1 aromatic carbocycles. The quantitative estimate of drug-likeness (QED) is 0.581. The summed E-state index contributed by atoms with van der Waals surface area (Å²) in [5.41, 5.74) is -0.899. The summed E-state index contributed by atoms with van der Waals surface area (Å²) in [5.74, 6) is -0.886. The maximum Gasteiger partial charge on any atom is 0.417 e. The second kappa shape index (κ2) is 8.77. The van der Waals surface area contributed by atoms with Crippen LogP contribution < -0.4 is 5.32 Å². The van der Waals surface area contributed by atoms with Gasteiger partial charge in [-0.2, -0.15) is 13.2 Å². The van der Waals surface area contributed by atoms with E-state index < -0.39 is 34.7 Å². The van der Waals surface area contributed by atoms with Crippen molar-refractivity contribution >= 4 is 29.6 Å². The van der Waals surface area contributed by atoms with E-state index in [0.29, 0.717) is 5.76 Å². The normalized spacial score (nSPS) is 12.8. The highest BCUT2D eigenvalue weighted by molar-refractivity contribution is 6.31. The Hall–Kier alpha value is -2.74. The van der Waals surface area contributed by atoms with Crippen LogP contribution in [0.25, 0.3) is 6.08 Å². The fraction of sp³-hybridized carbons (Fsp3) is 0.222. The summed E-state index contributed by atoms with van der Waals surface area (Å²) in [6.45, 7) is 1.50. The van der Waals surface area contributed by atoms with Gasteiger partial charge in [0.1, 0.15) is 5.76 Å². The molecule has 0 aliphatic rings. The van der Waals surface area contributed by atoms with Crippen molar-refractivity contribution in [3.63, 3.8) is 0 Å². The molecule has 1 heterocycles. The summed E-state index contributed by atoms with van der Waals surface area (Å²) in [7, 11) is 0. The smallest absolute Gasteiger partial charge is 0.417 e. The molecule has 1 aromatic heterocycles. The fourth-order valence-corrected chi connectivity index (χ4v) is 2.25. The number of ether oxygens (including phenoxy) is 1. The molecule has 0 bridgehead atoms. The van der Waals surface area contributed by atoms with Gasteiger partial charge in [0, 0.05) is 6.08 Å². The summed E-state index contributed by atoms with van der Waals surface area (Å²) >= 11 is 5.53. The van der Waals surface area contributed by atoms with E-state index >= 15 is 0 Å². The van der Waals surface area contributed by atoms with Gasteiger partial charge in [-0.15, -0.1) is 0 Å². The van der Waals surface area contributed by atoms with E-state index in [1.54, 1.807) is 12.1 Å². The molecule has 9 heteroatoms. The minimum Gasteiger partial charge on any atom is -0.467 e. The maximum absolute atomic E-state index is 12.8. The molecule has 1 atom stereocenters. The monoisotopic (exact) mass is 401 g/mol. The second-order valence-corrected chi connectivity index (χ2v) is 5.85. The van der Waals surface area contributed by atoms with Gasteiger partial charge in [-0.3, -0.25) is 4.79 Å². The molecule has 2 rings (SSSR count). The first kappa shape index (κ1) is 20.6. The van der Waals surface area contributed by atoms with Gasteiger partial charge in [-0.1, -0.05) is 17.7 Å². The number of nitrogens with one attached hydrogen (secondary N) is 1. The minimum atomic E-state index is -4.61. The van der Waals surface area contributed by atoms with Crippen LogP contribution in [-0.2, 0) is 27.0 Å². The van der Waals surface area contributed by atoms with Gasteiger partial charge < -0.3 is 14.5 Å². The average Bonchev–Trinajstić information content (AvgIpc) is 3.11. The number of esters is 1. The van der Waals surface area contributed by atoms with Crippen LogP contribution in [0.2, 0.25) is 5.02 Å². The fourth-order valence-electron chi connectivity index (χ4n) is 2.03. The lowest BCUT2D eigenvalue weighted by atomic mass is 10.1. The van der Waals surface area contributed by atoms with Crippen molar-refractivity contribution in [2.45, 2.75) is 25.7 Å². The lowest BCUT2D eigenvalue weighted by Crippen LogP contribution is -2.35. The molecule has 0 saturated carbocycles. The van der Waals surface area contributed by atoms with E-state index in [1.165, 1.54) is 19.3 Å². The van der Waals surface area contributed by atoms with Gasteiger partial charge in [-0.25, -0.2) is 4.79 Å². The first-order valence-electron chi connectivity index (χ1n) is 7.72. The Morgan fingerprint density at radius 3 is 2.70 bits per heavy atom. The lowest BCUT2D eigenvalue weighted by Gasteiger charge is -2.11. The molecule has 0 aliphatic carbocycles. The summed E-state index contributed by atoms with van der Waals surface area (Å²) in [6.07, 6.45) is -2.17. The molecular formula is C18H15ClF3NO4. The predicted molar refractivity (Wildman–Crippen MR) is 91.6 cm³/mol. The van der Waals surface area contributed by atoms with Crippen molar-refractivity contribution in [1.29, 1.82) is 0 Å². The number of hydrogen-bond donors (Lipinski definition) is 1. The first-order chi connectivity index (χ1) is 12.7. The number of rotatable bonds is 6. The molecular weight excluding hydrogens is 387 g/mol. The number of alkyl halides is 3. The molecule has 0 saturated heterocycles. The third-order valence-corrected chi connectivity index (χ3v) is 3.72. The zero-order valence-electron chi connectivity index (χ0n) is 14.0. The van der Waals surface area contributed by atoms with Gasteiger partial charge in [0.2, 0.25) is 0 Å². The molecule has 27 heavy (non-hydrogen) atoms. The van der Waals surface area contributed by atoms with Gasteiger partial charge in [0.25, 0.3) is 5.91 Å². The highest BCUT2D eigenvalue weighted by Crippen LogP contribution is 2.35. The van der Waals surface area contributed by atoms with Crippen molar-refractivity contribution in [2.75, 3.05) is 0 Å². The molecule has 0 aliphatic heterocycles. The van der Waals surface area contributed by atoms with Crippen LogP contribution in [-0.4, -0.2) is 18.0 Å². The van der Waals surface area contributed by atoms with Crippen LogP contribution in [0, 0.1) is 0 Å². The zero-order valence-corrected chi connectivity index (χ0v) is 14.8. The molecule has 0 radical (unpaired) electrons. The second-order valence-electron chi connectivity index (χ2n) is 5.45. The number of carbonyl (C=O) groups is 2. The predicted octanol–water partition coefficient (Wildman–Crippen LogP) is 4.21. The van der Waals surface area contributed by atoms with Crippen LogP contribution >= 0.6 is 11.6 Å². The molecule has 0 unspecified atom stereocenters. The van der Waals surface area contributed by atoms with Gasteiger partial charge in [-0.05, 0) is 42.8 Å². The highest BCUT2D eigenvalue weighted by Gasteiger charge is 2.33. The Balaban J connectivity index is 1.91. The Bertz CT molecular complexity index is 832. The Morgan fingerprint density at radius 1 is 1.33 bits per heavy atom. The number of benzene rings is 1. The van der Waals surface area contributed by atoms with Crippen LogP contribution in [0.4, 0.5) is 13.2 Å². The van der Waals surface area contributed by atoms with Crippen LogP contribution in [0.3, 0.4) is 0 Å². The number of hydrogen-bond acceptors (Lipinski definition) is 4. The first-order valence-corrected chi connectivity index (χ1v) is 8.10. The van der Waals surface area contributed by atoms with Crippen molar-refractivity contribution in [3.8, 4) is 0 Å². The number of amides is 1. The van der Waals surface area contributed by atoms with E-state index in [9.17, 15) is 22.8 Å². The molecule has 144 valence electrons.